The lowest BCUT2D eigenvalue weighted by Gasteiger charge is -2.40. The molecule has 0 unspecified atom stereocenters. The second-order valence-electron chi connectivity index (χ2n) is 4.90. The van der Waals surface area contributed by atoms with Gasteiger partial charge < -0.3 is 9.47 Å². The zero-order chi connectivity index (χ0) is 12.6. The molecule has 2 aliphatic heterocycles. The molecular weight excluding hydrogens is 222 g/mol. The van der Waals surface area contributed by atoms with Gasteiger partial charge in [0.1, 0.15) is 12.0 Å². The van der Waals surface area contributed by atoms with Crippen LogP contribution in [0.4, 0.5) is 0 Å². The molecule has 2 saturated heterocycles. The second-order valence-corrected chi connectivity index (χ2v) is 4.90. The number of nitrogens with zero attached hydrogens (tertiary/aromatic N) is 1. The van der Waals surface area contributed by atoms with Gasteiger partial charge >= 0.3 is 11.9 Å². The molecule has 2 rings (SSSR count). The molecular formula is C12H19NO4. The summed E-state index contributed by atoms with van der Waals surface area (Å²) in [7, 11) is 3.41. The van der Waals surface area contributed by atoms with Gasteiger partial charge in [0.2, 0.25) is 0 Å². The number of esters is 2. The first kappa shape index (κ1) is 12.4. The molecule has 0 aromatic rings. The summed E-state index contributed by atoms with van der Waals surface area (Å²) in [5.41, 5.74) is 0. The third-order valence-corrected chi connectivity index (χ3v) is 4.00. The lowest BCUT2D eigenvalue weighted by molar-refractivity contribution is -0.167. The van der Waals surface area contributed by atoms with E-state index in [-0.39, 0.29) is 30.0 Å². The molecule has 0 aromatic heterocycles. The van der Waals surface area contributed by atoms with Gasteiger partial charge in [0.15, 0.2) is 0 Å². The number of methoxy groups -OCH3 is 1. The molecule has 2 bridgehead atoms. The van der Waals surface area contributed by atoms with Crippen molar-refractivity contribution in [2.24, 2.45) is 5.92 Å². The minimum Gasteiger partial charge on any atom is -0.469 e. The van der Waals surface area contributed by atoms with Gasteiger partial charge in [-0.1, -0.05) is 0 Å². The Morgan fingerprint density at radius 2 is 2.00 bits per heavy atom. The lowest BCUT2D eigenvalue weighted by Crippen LogP contribution is -2.53. The van der Waals surface area contributed by atoms with E-state index in [4.69, 9.17) is 9.47 Å². The SMILES string of the molecule is COC(=O)[C@H]1[C@@H](OC(C)=O)C[C@@H]2CC[C@H]1N2C. The van der Waals surface area contributed by atoms with Gasteiger partial charge in [0.05, 0.1) is 7.11 Å². The van der Waals surface area contributed by atoms with Gasteiger partial charge in [-0.15, -0.1) is 0 Å². The van der Waals surface area contributed by atoms with Gasteiger partial charge in [0, 0.05) is 25.4 Å². The average molecular weight is 241 g/mol. The normalized spacial score (nSPS) is 36.6. The zero-order valence-electron chi connectivity index (χ0n) is 10.5. The number of hydrogen-bond acceptors (Lipinski definition) is 5. The van der Waals surface area contributed by atoms with Crippen LogP contribution in [0.2, 0.25) is 0 Å². The summed E-state index contributed by atoms with van der Waals surface area (Å²) >= 11 is 0. The van der Waals surface area contributed by atoms with Crippen LogP contribution in [0.25, 0.3) is 0 Å². The summed E-state index contributed by atoms with van der Waals surface area (Å²) in [6.07, 6.45) is 2.44. The summed E-state index contributed by atoms with van der Waals surface area (Å²) < 4.78 is 10.1. The monoisotopic (exact) mass is 241 g/mol. The van der Waals surface area contributed by atoms with Crippen molar-refractivity contribution in [2.45, 2.75) is 44.4 Å². The van der Waals surface area contributed by atoms with Crippen LogP contribution in [0.3, 0.4) is 0 Å². The van der Waals surface area contributed by atoms with Crippen LogP contribution < -0.4 is 0 Å². The number of piperidine rings is 1. The van der Waals surface area contributed by atoms with Crippen molar-refractivity contribution >= 4 is 11.9 Å². The van der Waals surface area contributed by atoms with Crippen LogP contribution in [0.1, 0.15) is 26.2 Å². The van der Waals surface area contributed by atoms with Crippen LogP contribution in [-0.4, -0.2) is 49.2 Å². The molecule has 5 heteroatoms. The number of carbonyl (C=O) groups is 2. The first-order valence-corrected chi connectivity index (χ1v) is 6.01. The quantitative estimate of drug-likeness (QED) is 0.662. The van der Waals surface area contributed by atoms with Crippen molar-refractivity contribution < 1.29 is 19.1 Å². The summed E-state index contributed by atoms with van der Waals surface area (Å²) in [4.78, 5) is 25.2. The first-order chi connectivity index (χ1) is 8.04. The van der Waals surface area contributed by atoms with E-state index in [1.54, 1.807) is 0 Å². The molecule has 4 atom stereocenters. The first-order valence-electron chi connectivity index (χ1n) is 6.01. The largest absolute Gasteiger partial charge is 0.469 e. The molecule has 0 saturated carbocycles. The van der Waals surface area contributed by atoms with Gasteiger partial charge in [-0.3, -0.25) is 14.5 Å². The third kappa shape index (κ3) is 2.16. The van der Waals surface area contributed by atoms with Gasteiger partial charge in [0.25, 0.3) is 0 Å². The number of hydrogen-bond donors (Lipinski definition) is 0. The standard InChI is InChI=1S/C12H19NO4/c1-7(14)17-10-6-8-4-5-9(13(8)2)11(10)12(15)16-3/h8-11H,4-6H2,1-3H3/t8-,9+,10-,11+/m0/s1. The molecule has 0 N–H and O–H groups in total. The van der Waals surface area contributed by atoms with Crippen molar-refractivity contribution in [1.29, 1.82) is 0 Å². The zero-order valence-corrected chi connectivity index (χ0v) is 10.5. The molecule has 17 heavy (non-hydrogen) atoms. The number of fused-ring (bicyclic) bond motifs is 2. The maximum atomic E-state index is 11.9. The van der Waals surface area contributed by atoms with E-state index in [9.17, 15) is 9.59 Å². The fourth-order valence-corrected chi connectivity index (χ4v) is 3.20. The molecule has 0 radical (unpaired) electrons. The van der Waals surface area contributed by atoms with Crippen molar-refractivity contribution in [1.82, 2.24) is 4.90 Å². The maximum absolute atomic E-state index is 11.9. The van der Waals surface area contributed by atoms with Crippen LogP contribution in [0.5, 0.6) is 0 Å². The minimum absolute atomic E-state index is 0.144. The Labute approximate surface area is 101 Å². The highest BCUT2D eigenvalue weighted by atomic mass is 16.6. The summed E-state index contributed by atoms with van der Waals surface area (Å²) in [5.74, 6) is -0.936. The summed E-state index contributed by atoms with van der Waals surface area (Å²) in [6, 6.07) is 0.566. The van der Waals surface area contributed by atoms with Crippen LogP contribution >= 0.6 is 0 Å². The third-order valence-electron chi connectivity index (χ3n) is 4.00. The van der Waals surface area contributed by atoms with E-state index in [1.807, 2.05) is 7.05 Å². The van der Waals surface area contributed by atoms with Crippen molar-refractivity contribution in [3.05, 3.63) is 0 Å². The molecule has 0 spiro atoms. The van der Waals surface area contributed by atoms with E-state index >= 15 is 0 Å². The minimum atomic E-state index is -0.340. The molecule has 5 nitrogen and oxygen atoms in total. The summed E-state index contributed by atoms with van der Waals surface area (Å²) in [6.45, 7) is 1.38. The molecule has 0 amide bonds. The number of carbonyl (C=O) groups excluding carboxylic acids is 2. The van der Waals surface area contributed by atoms with Gasteiger partial charge in [-0.2, -0.15) is 0 Å². The van der Waals surface area contributed by atoms with E-state index in [0.29, 0.717) is 6.04 Å². The highest BCUT2D eigenvalue weighted by molar-refractivity contribution is 5.75. The highest BCUT2D eigenvalue weighted by Crippen LogP contribution is 2.40. The highest BCUT2D eigenvalue weighted by Gasteiger charge is 2.50. The molecule has 2 heterocycles. The van der Waals surface area contributed by atoms with E-state index in [0.717, 1.165) is 19.3 Å². The lowest BCUT2D eigenvalue weighted by atomic mass is 9.87. The average Bonchev–Trinajstić information content (AvgIpc) is 2.51. The van der Waals surface area contributed by atoms with Crippen molar-refractivity contribution in [3.63, 3.8) is 0 Å². The Hall–Kier alpha value is -1.10. The predicted octanol–water partition coefficient (Wildman–Crippen LogP) is 0.574. The van der Waals surface area contributed by atoms with Crippen molar-refractivity contribution in [3.8, 4) is 0 Å². The molecule has 0 aromatic carbocycles. The Bertz CT molecular complexity index is 330. The van der Waals surface area contributed by atoms with Crippen LogP contribution in [-0.2, 0) is 19.1 Å². The Kier molecular flexibility index (Phi) is 3.38. The maximum Gasteiger partial charge on any atom is 0.314 e. The summed E-state index contributed by atoms with van der Waals surface area (Å²) in [5, 5.41) is 0. The Morgan fingerprint density at radius 1 is 1.29 bits per heavy atom. The van der Waals surface area contributed by atoms with E-state index < -0.39 is 0 Å². The van der Waals surface area contributed by atoms with Crippen molar-refractivity contribution in [2.75, 3.05) is 14.2 Å². The smallest absolute Gasteiger partial charge is 0.314 e. The van der Waals surface area contributed by atoms with E-state index in [2.05, 4.69) is 4.90 Å². The molecule has 96 valence electrons. The van der Waals surface area contributed by atoms with Gasteiger partial charge in [-0.05, 0) is 19.9 Å². The Balaban J connectivity index is 2.20. The number of ether oxygens (including phenoxy) is 2. The molecule has 0 aliphatic carbocycles. The van der Waals surface area contributed by atoms with Crippen LogP contribution in [0, 0.1) is 5.92 Å². The van der Waals surface area contributed by atoms with E-state index in [1.165, 1.54) is 14.0 Å². The topological polar surface area (TPSA) is 55.8 Å². The number of rotatable bonds is 2. The van der Waals surface area contributed by atoms with Crippen LogP contribution in [0.15, 0.2) is 0 Å². The van der Waals surface area contributed by atoms with Gasteiger partial charge in [-0.25, -0.2) is 0 Å². The molecule has 2 fully saturated rings. The second kappa shape index (κ2) is 4.64. The predicted molar refractivity (Wildman–Crippen MR) is 60.3 cm³/mol. The fraction of sp³-hybridized carbons (Fsp3) is 0.833. The fourth-order valence-electron chi connectivity index (χ4n) is 3.20. The molecule has 2 aliphatic rings. The Morgan fingerprint density at radius 3 is 2.59 bits per heavy atom.